The number of aromatic nitrogens is 1. The lowest BCUT2D eigenvalue weighted by atomic mass is 10.2. The number of thiazole rings is 1. The molecule has 0 aliphatic carbocycles. The quantitative estimate of drug-likeness (QED) is 0.660. The van der Waals surface area contributed by atoms with Crippen molar-refractivity contribution in [2.24, 2.45) is 0 Å². The zero-order chi connectivity index (χ0) is 16.2. The van der Waals surface area contributed by atoms with Crippen LogP contribution in [0.2, 0.25) is 0 Å². The highest BCUT2D eigenvalue weighted by atomic mass is 32.1. The fourth-order valence-corrected chi connectivity index (χ4v) is 2.88. The van der Waals surface area contributed by atoms with Gasteiger partial charge in [-0.25, -0.2) is 9.78 Å². The van der Waals surface area contributed by atoms with Crippen molar-refractivity contribution in [3.63, 3.8) is 0 Å². The van der Waals surface area contributed by atoms with Crippen molar-refractivity contribution in [3.05, 3.63) is 59.0 Å². The second kappa shape index (κ2) is 6.66. The predicted octanol–water partition coefficient (Wildman–Crippen LogP) is 4.08. The molecule has 6 heteroatoms. The van der Waals surface area contributed by atoms with Crippen LogP contribution in [0.1, 0.15) is 21.8 Å². The van der Waals surface area contributed by atoms with E-state index in [1.54, 1.807) is 20.1 Å². The Kier molecular flexibility index (Phi) is 4.43. The van der Waals surface area contributed by atoms with Gasteiger partial charge in [0.25, 0.3) is 0 Å². The predicted molar refractivity (Wildman–Crippen MR) is 86.7 cm³/mol. The van der Waals surface area contributed by atoms with Crippen molar-refractivity contribution in [1.29, 1.82) is 0 Å². The van der Waals surface area contributed by atoms with Gasteiger partial charge in [0.2, 0.25) is 0 Å². The van der Waals surface area contributed by atoms with Crippen LogP contribution in [-0.4, -0.2) is 18.1 Å². The average molecular weight is 329 g/mol. The van der Waals surface area contributed by atoms with Crippen LogP contribution < -0.4 is 4.74 Å². The first-order valence-corrected chi connectivity index (χ1v) is 7.85. The molecule has 0 unspecified atom stereocenters. The summed E-state index contributed by atoms with van der Waals surface area (Å²) in [6, 6.07) is 9.28. The molecule has 0 saturated heterocycles. The number of hydrogen-bond donors (Lipinski definition) is 0. The lowest BCUT2D eigenvalue weighted by Gasteiger charge is -2.02. The van der Waals surface area contributed by atoms with Crippen LogP contribution in [0.25, 0.3) is 10.6 Å². The summed E-state index contributed by atoms with van der Waals surface area (Å²) in [5.41, 5.74) is 2.12. The summed E-state index contributed by atoms with van der Waals surface area (Å²) in [4.78, 5) is 16.4. The molecule has 3 aromatic rings. The standard InChI is InChI=1S/C17H15NO4S/c1-11-15(6-7-21-11)17(19)22-9-13-10-23-16(18-13)12-4-3-5-14(8-12)20-2/h3-8,10H,9H2,1-2H3. The van der Waals surface area contributed by atoms with Gasteiger partial charge in [0.1, 0.15) is 28.7 Å². The third kappa shape index (κ3) is 3.43. The Labute approximate surface area is 137 Å². The van der Waals surface area contributed by atoms with Crippen LogP contribution in [0.5, 0.6) is 5.75 Å². The van der Waals surface area contributed by atoms with Gasteiger partial charge in [0.05, 0.1) is 19.1 Å². The van der Waals surface area contributed by atoms with Gasteiger partial charge in [-0.1, -0.05) is 12.1 Å². The van der Waals surface area contributed by atoms with Crippen molar-refractivity contribution >= 4 is 17.3 Å². The van der Waals surface area contributed by atoms with Gasteiger partial charge in [-0.15, -0.1) is 11.3 Å². The van der Waals surface area contributed by atoms with Gasteiger partial charge >= 0.3 is 5.97 Å². The van der Waals surface area contributed by atoms with Crippen molar-refractivity contribution in [1.82, 2.24) is 4.98 Å². The molecule has 0 atom stereocenters. The van der Waals surface area contributed by atoms with Crippen molar-refractivity contribution in [2.45, 2.75) is 13.5 Å². The van der Waals surface area contributed by atoms with Crippen LogP contribution in [0.3, 0.4) is 0 Å². The smallest absolute Gasteiger partial charge is 0.342 e. The molecule has 2 heterocycles. The van der Waals surface area contributed by atoms with Crippen molar-refractivity contribution in [3.8, 4) is 16.3 Å². The first-order chi connectivity index (χ1) is 11.2. The summed E-state index contributed by atoms with van der Waals surface area (Å²) in [6.07, 6.45) is 1.47. The number of esters is 1. The van der Waals surface area contributed by atoms with Crippen LogP contribution >= 0.6 is 11.3 Å². The Morgan fingerprint density at radius 2 is 2.22 bits per heavy atom. The van der Waals surface area contributed by atoms with E-state index in [4.69, 9.17) is 13.9 Å². The maximum Gasteiger partial charge on any atom is 0.342 e. The van der Waals surface area contributed by atoms with E-state index in [2.05, 4.69) is 4.98 Å². The minimum Gasteiger partial charge on any atom is -0.497 e. The molecule has 1 aromatic carbocycles. The fraction of sp³-hybridized carbons (Fsp3) is 0.176. The second-order valence-corrected chi connectivity index (χ2v) is 5.70. The minimum absolute atomic E-state index is 0.129. The number of nitrogens with zero attached hydrogens (tertiary/aromatic N) is 1. The Morgan fingerprint density at radius 1 is 1.35 bits per heavy atom. The maximum absolute atomic E-state index is 11.9. The van der Waals surface area contributed by atoms with E-state index in [-0.39, 0.29) is 6.61 Å². The Bertz CT molecular complexity index is 821. The molecule has 3 rings (SSSR count). The number of aryl methyl sites for hydroxylation is 1. The van der Waals surface area contributed by atoms with E-state index in [0.29, 0.717) is 17.0 Å². The molecule has 0 saturated carbocycles. The Hall–Kier alpha value is -2.60. The summed E-state index contributed by atoms with van der Waals surface area (Å²) >= 11 is 1.50. The number of benzene rings is 1. The zero-order valence-electron chi connectivity index (χ0n) is 12.7. The van der Waals surface area contributed by atoms with E-state index >= 15 is 0 Å². The number of rotatable bonds is 5. The molecule has 0 radical (unpaired) electrons. The third-order valence-corrected chi connectivity index (χ3v) is 4.24. The molecule has 5 nitrogen and oxygen atoms in total. The summed E-state index contributed by atoms with van der Waals surface area (Å²) in [6.45, 7) is 1.85. The lowest BCUT2D eigenvalue weighted by molar-refractivity contribution is 0.0466. The van der Waals surface area contributed by atoms with Crippen LogP contribution in [-0.2, 0) is 11.3 Å². The molecule has 0 aliphatic rings. The SMILES string of the molecule is COc1cccc(-c2nc(COC(=O)c3ccoc3C)cs2)c1. The van der Waals surface area contributed by atoms with Crippen LogP contribution in [0.4, 0.5) is 0 Å². The topological polar surface area (TPSA) is 61.6 Å². The van der Waals surface area contributed by atoms with Gasteiger partial charge in [-0.3, -0.25) is 0 Å². The molecule has 118 valence electrons. The van der Waals surface area contributed by atoms with Crippen molar-refractivity contribution in [2.75, 3.05) is 7.11 Å². The number of carbonyl (C=O) groups is 1. The first-order valence-electron chi connectivity index (χ1n) is 6.97. The van der Waals surface area contributed by atoms with Crippen LogP contribution in [0.15, 0.2) is 46.4 Å². The molecule has 0 N–H and O–H groups in total. The van der Waals surface area contributed by atoms with Gasteiger partial charge in [-0.2, -0.15) is 0 Å². The van der Waals surface area contributed by atoms with Gasteiger partial charge in [0, 0.05) is 10.9 Å². The summed E-state index contributed by atoms with van der Waals surface area (Å²) in [7, 11) is 1.63. The second-order valence-electron chi connectivity index (χ2n) is 4.84. The Balaban J connectivity index is 1.68. The van der Waals surface area contributed by atoms with Gasteiger partial charge < -0.3 is 13.9 Å². The summed E-state index contributed by atoms with van der Waals surface area (Å²) in [5.74, 6) is 0.915. The van der Waals surface area contributed by atoms with Crippen molar-refractivity contribution < 1.29 is 18.7 Å². The maximum atomic E-state index is 11.9. The number of carbonyl (C=O) groups excluding carboxylic acids is 1. The zero-order valence-corrected chi connectivity index (χ0v) is 13.6. The van der Waals surface area contributed by atoms with E-state index in [1.807, 2.05) is 29.6 Å². The summed E-state index contributed by atoms with van der Waals surface area (Å²) in [5, 5.41) is 2.74. The van der Waals surface area contributed by atoms with Gasteiger partial charge in [0.15, 0.2) is 0 Å². The molecule has 0 amide bonds. The van der Waals surface area contributed by atoms with E-state index in [0.717, 1.165) is 16.3 Å². The van der Waals surface area contributed by atoms with E-state index < -0.39 is 5.97 Å². The molecule has 23 heavy (non-hydrogen) atoms. The molecular weight excluding hydrogens is 314 g/mol. The molecule has 0 bridgehead atoms. The average Bonchev–Trinajstić information content (AvgIpc) is 3.21. The largest absolute Gasteiger partial charge is 0.497 e. The normalized spacial score (nSPS) is 10.5. The fourth-order valence-electron chi connectivity index (χ4n) is 2.08. The number of hydrogen-bond acceptors (Lipinski definition) is 6. The first kappa shape index (κ1) is 15.3. The number of ether oxygens (including phenoxy) is 2. The molecule has 2 aromatic heterocycles. The molecular formula is C17H15NO4S. The van der Waals surface area contributed by atoms with Crippen LogP contribution in [0, 0.1) is 6.92 Å². The monoisotopic (exact) mass is 329 g/mol. The highest BCUT2D eigenvalue weighted by molar-refractivity contribution is 7.13. The Morgan fingerprint density at radius 3 is 2.96 bits per heavy atom. The highest BCUT2D eigenvalue weighted by Crippen LogP contribution is 2.27. The van der Waals surface area contributed by atoms with Gasteiger partial charge in [-0.05, 0) is 25.1 Å². The highest BCUT2D eigenvalue weighted by Gasteiger charge is 2.14. The molecule has 0 aliphatic heterocycles. The van der Waals surface area contributed by atoms with E-state index in [1.165, 1.54) is 17.6 Å². The number of furan rings is 1. The van der Waals surface area contributed by atoms with E-state index in [9.17, 15) is 4.79 Å². The molecule has 0 fully saturated rings. The third-order valence-electron chi connectivity index (χ3n) is 3.30. The summed E-state index contributed by atoms with van der Waals surface area (Å²) < 4.78 is 15.6. The molecule has 0 spiro atoms. The minimum atomic E-state index is -0.410. The lowest BCUT2D eigenvalue weighted by Crippen LogP contribution is -2.05. The number of methoxy groups -OCH3 is 1.